The van der Waals surface area contributed by atoms with Crippen molar-refractivity contribution in [1.82, 2.24) is 15.3 Å². The standard InChI is InChI=1S/C25H29N5O3S.H2/c1-5-28-14-18-6-8-20(9-7-18)24(26)33-25(27)23-17(4)29-15-22(30-23)19-10-12-21(13-11-19)34(31,32)16(2)3;/h6-13,15-16,26-28H,5,14H2,1-4H3;1H. The van der Waals surface area contributed by atoms with E-state index in [1.807, 2.05) is 19.1 Å². The van der Waals surface area contributed by atoms with Gasteiger partial charge in [-0.2, -0.15) is 0 Å². The van der Waals surface area contributed by atoms with Crippen molar-refractivity contribution < 1.29 is 14.6 Å². The van der Waals surface area contributed by atoms with Crippen molar-refractivity contribution in [2.75, 3.05) is 6.54 Å². The Kier molecular flexibility index (Phi) is 7.90. The highest BCUT2D eigenvalue weighted by molar-refractivity contribution is 7.92. The lowest BCUT2D eigenvalue weighted by atomic mass is 10.1. The van der Waals surface area contributed by atoms with Gasteiger partial charge in [0.2, 0.25) is 11.8 Å². The number of aryl methyl sites for hydroxylation is 1. The summed E-state index contributed by atoms with van der Waals surface area (Å²) < 4.78 is 30.2. The molecule has 3 rings (SSSR count). The van der Waals surface area contributed by atoms with E-state index in [4.69, 9.17) is 15.6 Å². The smallest absolute Gasteiger partial charge is 0.241 e. The summed E-state index contributed by atoms with van der Waals surface area (Å²) in [6, 6.07) is 13.8. The molecule has 0 spiro atoms. The van der Waals surface area contributed by atoms with Crippen molar-refractivity contribution in [2.24, 2.45) is 0 Å². The van der Waals surface area contributed by atoms with Crippen molar-refractivity contribution in [3.63, 3.8) is 0 Å². The normalized spacial score (nSPS) is 11.4. The molecule has 1 aromatic heterocycles. The minimum Gasteiger partial charge on any atom is -0.419 e. The van der Waals surface area contributed by atoms with Crippen molar-refractivity contribution in [2.45, 2.75) is 44.4 Å². The molecule has 0 fully saturated rings. The van der Waals surface area contributed by atoms with Crippen LogP contribution in [0.2, 0.25) is 0 Å². The Balaban J connectivity index is 0.00000432. The Morgan fingerprint density at radius 2 is 1.71 bits per heavy atom. The van der Waals surface area contributed by atoms with Gasteiger partial charge in [-0.3, -0.25) is 15.8 Å². The van der Waals surface area contributed by atoms with E-state index < -0.39 is 15.1 Å². The summed E-state index contributed by atoms with van der Waals surface area (Å²) in [4.78, 5) is 9.06. The van der Waals surface area contributed by atoms with Gasteiger partial charge >= 0.3 is 0 Å². The minimum absolute atomic E-state index is 0. The monoisotopic (exact) mass is 481 g/mol. The van der Waals surface area contributed by atoms with Gasteiger partial charge in [0.25, 0.3) is 0 Å². The van der Waals surface area contributed by atoms with Crippen LogP contribution in [0.5, 0.6) is 0 Å². The third kappa shape index (κ3) is 5.73. The van der Waals surface area contributed by atoms with Crippen LogP contribution in [0.15, 0.2) is 59.6 Å². The second-order valence-corrected chi connectivity index (χ2v) is 10.5. The highest BCUT2D eigenvalue weighted by Gasteiger charge is 2.20. The molecule has 0 unspecified atom stereocenters. The van der Waals surface area contributed by atoms with Gasteiger partial charge in [-0.15, -0.1) is 0 Å². The summed E-state index contributed by atoms with van der Waals surface area (Å²) in [7, 11) is -3.37. The molecular weight excluding hydrogens is 450 g/mol. The zero-order valence-electron chi connectivity index (χ0n) is 19.7. The van der Waals surface area contributed by atoms with E-state index in [0.717, 1.165) is 18.7 Å². The topological polar surface area (TPSA) is 129 Å². The maximum Gasteiger partial charge on any atom is 0.241 e. The molecule has 1 heterocycles. The zero-order chi connectivity index (χ0) is 24.9. The fourth-order valence-corrected chi connectivity index (χ4v) is 4.20. The number of sulfone groups is 1. The van der Waals surface area contributed by atoms with Gasteiger partial charge in [0.15, 0.2) is 9.84 Å². The Bertz CT molecular complexity index is 1290. The summed E-state index contributed by atoms with van der Waals surface area (Å²) >= 11 is 0. The van der Waals surface area contributed by atoms with Gasteiger partial charge in [-0.1, -0.05) is 31.2 Å². The molecule has 0 amide bonds. The SMILES string of the molecule is CCNCc1ccc(C(=N)OC(=N)c2nc(-c3ccc(S(=O)(=O)C(C)C)cc3)cnc2C)cc1.[HH]. The van der Waals surface area contributed by atoms with Gasteiger partial charge in [-0.05, 0) is 57.1 Å². The first-order valence-corrected chi connectivity index (χ1v) is 12.5. The number of ether oxygens (including phenoxy) is 1. The lowest BCUT2D eigenvalue weighted by Crippen LogP contribution is -2.17. The van der Waals surface area contributed by atoms with E-state index >= 15 is 0 Å². The van der Waals surface area contributed by atoms with Gasteiger partial charge in [0.05, 0.1) is 27.7 Å². The lowest BCUT2D eigenvalue weighted by Gasteiger charge is -2.12. The quantitative estimate of drug-likeness (QED) is 0.324. The first-order chi connectivity index (χ1) is 16.1. The summed E-state index contributed by atoms with van der Waals surface area (Å²) in [6.45, 7) is 8.65. The van der Waals surface area contributed by atoms with E-state index in [1.54, 1.807) is 63.4 Å². The first kappa shape index (κ1) is 25.2. The highest BCUT2D eigenvalue weighted by Crippen LogP contribution is 2.22. The molecule has 0 aliphatic carbocycles. The van der Waals surface area contributed by atoms with Crippen LogP contribution in [0.25, 0.3) is 11.3 Å². The fourth-order valence-electron chi connectivity index (χ4n) is 3.14. The molecule has 0 radical (unpaired) electrons. The highest BCUT2D eigenvalue weighted by atomic mass is 32.2. The molecule has 0 aliphatic heterocycles. The van der Waals surface area contributed by atoms with Gasteiger partial charge in [-0.25, -0.2) is 13.4 Å². The summed E-state index contributed by atoms with van der Waals surface area (Å²) in [6.07, 6.45) is 1.56. The molecule has 0 bridgehead atoms. The Morgan fingerprint density at radius 3 is 2.29 bits per heavy atom. The molecule has 2 aromatic carbocycles. The van der Waals surface area contributed by atoms with Crippen molar-refractivity contribution in [1.29, 1.82) is 10.8 Å². The molecule has 0 saturated heterocycles. The van der Waals surface area contributed by atoms with E-state index in [2.05, 4.69) is 15.3 Å². The van der Waals surface area contributed by atoms with E-state index in [1.165, 1.54) is 0 Å². The van der Waals surface area contributed by atoms with Crippen LogP contribution >= 0.6 is 0 Å². The van der Waals surface area contributed by atoms with E-state index in [-0.39, 0.29) is 23.8 Å². The number of hydrogen-bond acceptors (Lipinski definition) is 8. The Morgan fingerprint density at radius 1 is 1.06 bits per heavy atom. The number of nitrogens with one attached hydrogen (secondary N) is 3. The van der Waals surface area contributed by atoms with Crippen LogP contribution in [0.1, 0.15) is 44.7 Å². The second-order valence-electron chi connectivity index (χ2n) is 8.04. The van der Waals surface area contributed by atoms with Crippen LogP contribution in [-0.2, 0) is 21.1 Å². The summed E-state index contributed by atoms with van der Waals surface area (Å²) in [5.74, 6) is -0.442. The van der Waals surface area contributed by atoms with Gasteiger partial charge in [0, 0.05) is 19.1 Å². The van der Waals surface area contributed by atoms with Crippen molar-refractivity contribution >= 4 is 21.6 Å². The maximum absolute atomic E-state index is 12.4. The zero-order valence-corrected chi connectivity index (χ0v) is 20.5. The van der Waals surface area contributed by atoms with Crippen LogP contribution in [-0.4, -0.2) is 42.0 Å². The molecule has 8 nitrogen and oxygen atoms in total. The molecule has 9 heteroatoms. The summed E-state index contributed by atoms with van der Waals surface area (Å²) in [5, 5.41) is 19.3. The Labute approximate surface area is 201 Å². The predicted molar refractivity (Wildman–Crippen MR) is 135 cm³/mol. The van der Waals surface area contributed by atoms with Crippen molar-refractivity contribution in [3.8, 4) is 11.3 Å². The van der Waals surface area contributed by atoms with Crippen LogP contribution < -0.4 is 5.32 Å². The lowest BCUT2D eigenvalue weighted by molar-refractivity contribution is 0.534. The molecule has 180 valence electrons. The Hall–Kier alpha value is -3.43. The molecular formula is C25H31N5O3S. The number of hydrogen-bond donors (Lipinski definition) is 3. The predicted octanol–water partition coefficient (Wildman–Crippen LogP) is 4.36. The van der Waals surface area contributed by atoms with Crippen LogP contribution in [0.3, 0.4) is 0 Å². The third-order valence-electron chi connectivity index (χ3n) is 5.27. The average molecular weight is 482 g/mol. The average Bonchev–Trinajstić information content (AvgIpc) is 2.83. The number of benzene rings is 2. The maximum atomic E-state index is 12.4. The fraction of sp³-hybridized carbons (Fsp3) is 0.280. The largest absolute Gasteiger partial charge is 0.419 e. The second kappa shape index (κ2) is 10.7. The number of nitrogens with zero attached hydrogens (tertiary/aromatic N) is 2. The van der Waals surface area contributed by atoms with Gasteiger partial charge in [0.1, 0.15) is 5.69 Å². The molecule has 0 aliphatic rings. The van der Waals surface area contributed by atoms with Crippen LogP contribution in [0, 0.1) is 17.7 Å². The van der Waals surface area contributed by atoms with Crippen molar-refractivity contribution in [3.05, 3.63) is 77.2 Å². The van der Waals surface area contributed by atoms with E-state index in [9.17, 15) is 8.42 Å². The number of rotatable bonds is 8. The van der Waals surface area contributed by atoms with Crippen LogP contribution in [0.4, 0.5) is 0 Å². The molecule has 0 atom stereocenters. The number of aromatic nitrogens is 2. The summed E-state index contributed by atoms with van der Waals surface area (Å²) in [5.41, 5.74) is 3.48. The molecule has 0 saturated carbocycles. The van der Waals surface area contributed by atoms with E-state index in [0.29, 0.717) is 22.5 Å². The molecule has 3 aromatic rings. The van der Waals surface area contributed by atoms with Gasteiger partial charge < -0.3 is 10.1 Å². The third-order valence-corrected chi connectivity index (χ3v) is 7.44. The minimum atomic E-state index is -3.37. The molecule has 3 N–H and O–H groups in total. The first-order valence-electron chi connectivity index (χ1n) is 11.0. The molecule has 34 heavy (non-hydrogen) atoms.